The predicted octanol–water partition coefficient (Wildman–Crippen LogP) is 2.67. The number of hydrogen-bond acceptors (Lipinski definition) is 3. The molecule has 6 nitrogen and oxygen atoms in total. The third kappa shape index (κ3) is 6.50. The average molecular weight is 319 g/mol. The van der Waals surface area contributed by atoms with Gasteiger partial charge in [-0.2, -0.15) is 0 Å². The molecule has 23 heavy (non-hydrogen) atoms. The van der Waals surface area contributed by atoms with Crippen LogP contribution in [0.15, 0.2) is 37.2 Å². The van der Waals surface area contributed by atoms with E-state index in [2.05, 4.69) is 16.9 Å². The number of amides is 2. The molecule has 2 N–H and O–H groups in total. The third-order valence-corrected chi connectivity index (χ3v) is 3.46. The van der Waals surface area contributed by atoms with Crippen molar-refractivity contribution < 1.29 is 14.7 Å². The zero-order valence-corrected chi connectivity index (χ0v) is 13.7. The van der Waals surface area contributed by atoms with E-state index in [0.29, 0.717) is 13.1 Å². The van der Waals surface area contributed by atoms with Crippen LogP contribution in [0, 0.1) is 5.92 Å². The van der Waals surface area contributed by atoms with Crippen LogP contribution in [0.3, 0.4) is 0 Å². The van der Waals surface area contributed by atoms with E-state index in [1.165, 1.54) is 0 Å². The number of hydrogen-bond donors (Lipinski definition) is 2. The first kappa shape index (κ1) is 18.7. The largest absolute Gasteiger partial charge is 0.465 e. The van der Waals surface area contributed by atoms with E-state index in [9.17, 15) is 9.59 Å². The van der Waals surface area contributed by atoms with Gasteiger partial charge in [-0.05, 0) is 30.4 Å². The number of allylic oxidation sites excluding steroid dienone is 1. The van der Waals surface area contributed by atoms with Crippen molar-refractivity contribution in [1.82, 2.24) is 15.2 Å². The SMILES string of the molecule is C=CCCCN(Cc1cccnc1)C(=O)C(NC(=O)O)C(C)C. The lowest BCUT2D eigenvalue weighted by molar-refractivity contribution is -0.135. The monoisotopic (exact) mass is 319 g/mol. The van der Waals surface area contributed by atoms with Crippen LogP contribution in [0.1, 0.15) is 32.3 Å². The summed E-state index contributed by atoms with van der Waals surface area (Å²) in [5.41, 5.74) is 0.914. The summed E-state index contributed by atoms with van der Waals surface area (Å²) in [7, 11) is 0. The van der Waals surface area contributed by atoms with Crippen LogP contribution in [0.25, 0.3) is 0 Å². The molecule has 1 heterocycles. The van der Waals surface area contributed by atoms with Gasteiger partial charge in [0.1, 0.15) is 6.04 Å². The van der Waals surface area contributed by atoms with Crippen molar-refractivity contribution in [2.75, 3.05) is 6.54 Å². The topological polar surface area (TPSA) is 82.5 Å². The maximum Gasteiger partial charge on any atom is 0.405 e. The highest BCUT2D eigenvalue weighted by Gasteiger charge is 2.28. The summed E-state index contributed by atoms with van der Waals surface area (Å²) in [4.78, 5) is 29.5. The Morgan fingerprint density at radius 2 is 2.22 bits per heavy atom. The van der Waals surface area contributed by atoms with Crippen molar-refractivity contribution in [2.45, 2.75) is 39.3 Å². The minimum Gasteiger partial charge on any atom is -0.465 e. The molecule has 6 heteroatoms. The average Bonchev–Trinajstić information content (AvgIpc) is 2.52. The number of unbranched alkanes of at least 4 members (excludes halogenated alkanes) is 1. The van der Waals surface area contributed by atoms with E-state index in [0.717, 1.165) is 18.4 Å². The number of nitrogens with one attached hydrogen (secondary N) is 1. The molecule has 2 amide bonds. The van der Waals surface area contributed by atoms with E-state index in [1.54, 1.807) is 17.3 Å². The van der Waals surface area contributed by atoms with Crippen LogP contribution in [0.4, 0.5) is 4.79 Å². The molecule has 0 aliphatic carbocycles. The Labute approximate surface area is 137 Å². The van der Waals surface area contributed by atoms with Gasteiger partial charge in [0.25, 0.3) is 0 Å². The molecule has 1 unspecified atom stereocenters. The minimum absolute atomic E-state index is 0.130. The van der Waals surface area contributed by atoms with E-state index in [-0.39, 0.29) is 11.8 Å². The lowest BCUT2D eigenvalue weighted by Crippen LogP contribution is -2.50. The first-order chi connectivity index (χ1) is 11.0. The fourth-order valence-electron chi connectivity index (χ4n) is 2.25. The fraction of sp³-hybridized carbons (Fsp3) is 0.471. The Morgan fingerprint density at radius 1 is 1.48 bits per heavy atom. The minimum atomic E-state index is -1.19. The number of carboxylic acid groups (broad SMARTS) is 1. The lowest BCUT2D eigenvalue weighted by atomic mass is 10.0. The number of carbonyl (C=O) groups excluding carboxylic acids is 1. The number of aromatic nitrogens is 1. The number of rotatable bonds is 9. The van der Waals surface area contributed by atoms with Crippen molar-refractivity contribution in [3.63, 3.8) is 0 Å². The Balaban J connectivity index is 2.88. The molecular weight excluding hydrogens is 294 g/mol. The van der Waals surface area contributed by atoms with Crippen molar-refractivity contribution in [3.8, 4) is 0 Å². The van der Waals surface area contributed by atoms with Crippen LogP contribution < -0.4 is 5.32 Å². The quantitative estimate of drug-likeness (QED) is 0.541. The third-order valence-electron chi connectivity index (χ3n) is 3.46. The Morgan fingerprint density at radius 3 is 2.74 bits per heavy atom. The summed E-state index contributed by atoms with van der Waals surface area (Å²) in [6.45, 7) is 8.29. The Kier molecular flexibility index (Phi) is 7.80. The molecule has 0 aliphatic heterocycles. The molecule has 0 saturated heterocycles. The highest BCUT2D eigenvalue weighted by atomic mass is 16.4. The summed E-state index contributed by atoms with van der Waals surface area (Å²) in [6, 6.07) is 2.96. The van der Waals surface area contributed by atoms with Crippen molar-refractivity contribution in [3.05, 3.63) is 42.7 Å². The van der Waals surface area contributed by atoms with Gasteiger partial charge in [0.15, 0.2) is 0 Å². The van der Waals surface area contributed by atoms with Gasteiger partial charge in [-0.3, -0.25) is 9.78 Å². The summed E-state index contributed by atoms with van der Waals surface area (Å²) in [5, 5.41) is 11.3. The van der Waals surface area contributed by atoms with Crippen molar-refractivity contribution in [1.29, 1.82) is 0 Å². The van der Waals surface area contributed by atoms with Gasteiger partial charge >= 0.3 is 6.09 Å². The van der Waals surface area contributed by atoms with Gasteiger partial charge in [0.2, 0.25) is 5.91 Å². The van der Waals surface area contributed by atoms with Gasteiger partial charge in [0.05, 0.1) is 0 Å². The molecule has 0 spiro atoms. The van der Waals surface area contributed by atoms with Crippen LogP contribution in [-0.2, 0) is 11.3 Å². The predicted molar refractivity (Wildman–Crippen MR) is 88.9 cm³/mol. The summed E-state index contributed by atoms with van der Waals surface area (Å²) >= 11 is 0. The first-order valence-electron chi connectivity index (χ1n) is 7.73. The number of carbonyl (C=O) groups is 2. The van der Waals surface area contributed by atoms with E-state index >= 15 is 0 Å². The number of pyridine rings is 1. The second kappa shape index (κ2) is 9.61. The van der Waals surface area contributed by atoms with Crippen LogP contribution in [0.5, 0.6) is 0 Å². The van der Waals surface area contributed by atoms with Gasteiger partial charge in [0, 0.05) is 25.5 Å². The molecule has 0 aromatic carbocycles. The maximum absolute atomic E-state index is 12.8. The summed E-state index contributed by atoms with van der Waals surface area (Å²) < 4.78 is 0. The Hall–Kier alpha value is -2.37. The van der Waals surface area contributed by atoms with Gasteiger partial charge in [-0.1, -0.05) is 26.0 Å². The molecule has 126 valence electrons. The second-order valence-electron chi connectivity index (χ2n) is 5.72. The van der Waals surface area contributed by atoms with E-state index in [1.807, 2.05) is 32.1 Å². The van der Waals surface area contributed by atoms with Gasteiger partial charge in [-0.25, -0.2) is 4.79 Å². The molecule has 1 aromatic rings. The zero-order chi connectivity index (χ0) is 17.2. The van der Waals surface area contributed by atoms with Gasteiger partial charge in [-0.15, -0.1) is 6.58 Å². The van der Waals surface area contributed by atoms with Crippen LogP contribution in [0.2, 0.25) is 0 Å². The molecule has 1 rings (SSSR count). The highest BCUT2D eigenvalue weighted by Crippen LogP contribution is 2.12. The smallest absolute Gasteiger partial charge is 0.405 e. The van der Waals surface area contributed by atoms with Crippen LogP contribution >= 0.6 is 0 Å². The summed E-state index contributed by atoms with van der Waals surface area (Å²) in [5.74, 6) is -0.343. The first-order valence-corrected chi connectivity index (χ1v) is 7.73. The number of nitrogens with zero attached hydrogens (tertiary/aromatic N) is 2. The normalized spacial score (nSPS) is 11.8. The molecule has 1 aromatic heterocycles. The fourth-order valence-corrected chi connectivity index (χ4v) is 2.25. The molecule has 1 atom stereocenters. The molecule has 0 aliphatic rings. The van der Waals surface area contributed by atoms with Crippen molar-refractivity contribution >= 4 is 12.0 Å². The maximum atomic E-state index is 12.8. The Bertz CT molecular complexity index is 517. The second-order valence-corrected chi connectivity index (χ2v) is 5.72. The van der Waals surface area contributed by atoms with E-state index < -0.39 is 12.1 Å². The zero-order valence-electron chi connectivity index (χ0n) is 13.7. The van der Waals surface area contributed by atoms with Gasteiger partial charge < -0.3 is 15.3 Å². The standard InChI is InChI=1S/C17H25N3O3/c1-4-5-6-10-20(12-14-8-7-9-18-11-14)16(21)15(13(2)3)19-17(22)23/h4,7-9,11,13,15,19H,1,5-6,10,12H2,2-3H3,(H,22,23). The van der Waals surface area contributed by atoms with Crippen LogP contribution in [-0.4, -0.2) is 39.6 Å². The van der Waals surface area contributed by atoms with E-state index in [4.69, 9.17) is 5.11 Å². The molecule has 0 bridgehead atoms. The van der Waals surface area contributed by atoms with Crippen molar-refractivity contribution in [2.24, 2.45) is 5.92 Å². The molecule has 0 radical (unpaired) electrons. The molecule has 0 fully saturated rings. The summed E-state index contributed by atoms with van der Waals surface area (Å²) in [6.07, 6.45) is 5.59. The molecular formula is C17H25N3O3. The highest BCUT2D eigenvalue weighted by molar-refractivity contribution is 5.85. The lowest BCUT2D eigenvalue weighted by Gasteiger charge is -2.29. The molecule has 0 saturated carbocycles.